The summed E-state index contributed by atoms with van der Waals surface area (Å²) in [5, 5.41) is 19.4. The third-order valence-electron chi connectivity index (χ3n) is 6.31. The molecule has 0 aliphatic heterocycles. The lowest BCUT2D eigenvalue weighted by atomic mass is 10.1. The van der Waals surface area contributed by atoms with Crippen LogP contribution in [0.4, 0.5) is 0 Å². The van der Waals surface area contributed by atoms with Crippen molar-refractivity contribution < 1.29 is 19.2 Å². The highest BCUT2D eigenvalue weighted by molar-refractivity contribution is 7.29. The molecule has 0 atom stereocenters. The predicted molar refractivity (Wildman–Crippen MR) is 197 cm³/mol. The Kier molecular flexibility index (Phi) is 14.0. The Morgan fingerprint density at radius 1 is 0.936 bits per heavy atom. The molecule has 0 aliphatic rings. The van der Waals surface area contributed by atoms with E-state index in [1.54, 1.807) is 58.5 Å². The molecule has 0 radical (unpaired) electrons. The smallest absolute Gasteiger partial charge is 0.262 e. The van der Waals surface area contributed by atoms with Crippen LogP contribution < -0.4 is 26.8 Å². The zero-order valence-electron chi connectivity index (χ0n) is 26.0. The SMILES string of the molecule is COc1ccc(-c2sc(-c3cc(C)c(-c4sc(/C=C(\C#N)C(=O)NC/C=N/OCC(=O)NCCN=C(N)N)cc4C)s3)cc2C)s1.Cl. The highest BCUT2D eigenvalue weighted by atomic mass is 35.5. The third-order valence-corrected chi connectivity index (χ3v) is 11.6. The molecule has 0 saturated carbocycles. The maximum absolute atomic E-state index is 12.6. The van der Waals surface area contributed by atoms with Crippen molar-refractivity contribution in [3.63, 3.8) is 0 Å². The molecule has 47 heavy (non-hydrogen) atoms. The van der Waals surface area contributed by atoms with Crippen LogP contribution in [0.25, 0.3) is 35.3 Å². The molecule has 0 bridgehead atoms. The van der Waals surface area contributed by atoms with Crippen LogP contribution >= 0.6 is 57.8 Å². The largest absolute Gasteiger partial charge is 0.487 e. The molecule has 11 nitrogen and oxygen atoms in total. The summed E-state index contributed by atoms with van der Waals surface area (Å²) in [6.45, 7) is 6.49. The molecule has 4 rings (SSSR count). The van der Waals surface area contributed by atoms with Gasteiger partial charge in [-0.15, -0.1) is 46.4 Å². The molecular weight excluding hydrogens is 698 g/mol. The molecule has 0 spiro atoms. The summed E-state index contributed by atoms with van der Waals surface area (Å²) < 4.78 is 5.38. The second-order valence-corrected chi connectivity index (χ2v) is 14.1. The van der Waals surface area contributed by atoms with Crippen LogP contribution in [0, 0.1) is 32.1 Å². The van der Waals surface area contributed by atoms with Gasteiger partial charge in [-0.2, -0.15) is 5.26 Å². The zero-order valence-corrected chi connectivity index (χ0v) is 30.1. The summed E-state index contributed by atoms with van der Waals surface area (Å²) in [4.78, 5) is 40.9. The lowest BCUT2D eigenvalue weighted by molar-refractivity contribution is -0.125. The van der Waals surface area contributed by atoms with Crippen molar-refractivity contribution in [1.29, 1.82) is 5.26 Å². The second kappa shape index (κ2) is 17.6. The van der Waals surface area contributed by atoms with Gasteiger partial charge in [0.1, 0.15) is 11.6 Å². The molecule has 6 N–H and O–H groups in total. The number of aliphatic imine (C=N–C) groups is 1. The lowest BCUT2D eigenvalue weighted by Gasteiger charge is -2.02. The van der Waals surface area contributed by atoms with Gasteiger partial charge >= 0.3 is 0 Å². The summed E-state index contributed by atoms with van der Waals surface area (Å²) in [5.74, 6) is -0.992. The Labute approximate surface area is 295 Å². The van der Waals surface area contributed by atoms with Crippen molar-refractivity contribution in [2.24, 2.45) is 21.6 Å². The van der Waals surface area contributed by atoms with Crippen molar-refractivity contribution >= 4 is 87.8 Å². The number of carbonyl (C=O) groups is 2. The van der Waals surface area contributed by atoms with E-state index in [0.717, 1.165) is 20.4 Å². The van der Waals surface area contributed by atoms with Crippen LogP contribution in [0.5, 0.6) is 5.06 Å². The summed E-state index contributed by atoms with van der Waals surface area (Å²) >= 11 is 6.71. The maximum Gasteiger partial charge on any atom is 0.262 e. The number of oxime groups is 1. The summed E-state index contributed by atoms with van der Waals surface area (Å²) in [5.41, 5.74) is 13.9. The first-order valence-corrected chi connectivity index (χ1v) is 17.2. The molecule has 0 unspecified atom stereocenters. The fourth-order valence-electron chi connectivity index (χ4n) is 4.17. The van der Waals surface area contributed by atoms with Crippen LogP contribution in [0.3, 0.4) is 0 Å². The van der Waals surface area contributed by atoms with Crippen LogP contribution in [-0.2, 0) is 14.4 Å². The quantitative estimate of drug-likeness (QED) is 0.0321. The van der Waals surface area contributed by atoms with E-state index in [1.165, 1.54) is 41.7 Å². The van der Waals surface area contributed by atoms with Gasteiger partial charge < -0.3 is 31.7 Å². The summed E-state index contributed by atoms with van der Waals surface area (Å²) in [7, 11) is 1.68. The highest BCUT2D eigenvalue weighted by Crippen LogP contribution is 2.47. The normalized spacial score (nSPS) is 11.1. The molecule has 16 heteroatoms. The van der Waals surface area contributed by atoms with E-state index < -0.39 is 11.8 Å². The van der Waals surface area contributed by atoms with Crippen molar-refractivity contribution in [1.82, 2.24) is 10.6 Å². The van der Waals surface area contributed by atoms with Gasteiger partial charge in [-0.05, 0) is 73.9 Å². The Morgan fingerprint density at radius 2 is 1.60 bits per heavy atom. The van der Waals surface area contributed by atoms with Gasteiger partial charge in [-0.1, -0.05) is 16.5 Å². The van der Waals surface area contributed by atoms with E-state index in [9.17, 15) is 14.9 Å². The van der Waals surface area contributed by atoms with Gasteiger partial charge in [-0.25, -0.2) is 0 Å². The number of ether oxygens (including phenoxy) is 1. The highest BCUT2D eigenvalue weighted by Gasteiger charge is 2.18. The van der Waals surface area contributed by atoms with Crippen molar-refractivity contribution in [3.05, 3.63) is 57.5 Å². The molecule has 0 fully saturated rings. The number of aryl methyl sites for hydroxylation is 3. The first kappa shape index (κ1) is 37.3. The van der Waals surface area contributed by atoms with Crippen LogP contribution in [-0.4, -0.2) is 57.3 Å². The molecule has 0 aliphatic carbocycles. The second-order valence-electron chi connectivity index (χ2n) is 9.83. The average molecular weight is 732 g/mol. The third kappa shape index (κ3) is 10.1. The van der Waals surface area contributed by atoms with E-state index in [-0.39, 0.29) is 50.2 Å². The number of carbonyl (C=O) groups excluding carboxylic acids is 2. The van der Waals surface area contributed by atoms with Crippen molar-refractivity contribution in [2.45, 2.75) is 20.8 Å². The zero-order chi connectivity index (χ0) is 33.2. The lowest BCUT2D eigenvalue weighted by Crippen LogP contribution is -2.31. The van der Waals surface area contributed by atoms with E-state index >= 15 is 0 Å². The minimum absolute atomic E-state index is 0. The minimum atomic E-state index is -0.541. The van der Waals surface area contributed by atoms with E-state index in [4.69, 9.17) is 21.0 Å². The molecule has 2 amide bonds. The summed E-state index contributed by atoms with van der Waals surface area (Å²) in [6, 6.07) is 12.5. The van der Waals surface area contributed by atoms with Gasteiger partial charge in [0, 0.05) is 40.7 Å². The van der Waals surface area contributed by atoms with Crippen molar-refractivity contribution in [3.8, 4) is 40.4 Å². The van der Waals surface area contributed by atoms with Gasteiger partial charge in [0.15, 0.2) is 17.6 Å². The monoisotopic (exact) mass is 731 g/mol. The predicted octanol–water partition coefficient (Wildman–Crippen LogP) is 5.70. The average Bonchev–Trinajstić information content (AvgIpc) is 3.81. The number of guanidine groups is 1. The van der Waals surface area contributed by atoms with Crippen molar-refractivity contribution in [2.75, 3.05) is 33.4 Å². The van der Waals surface area contributed by atoms with Gasteiger partial charge in [0.2, 0.25) is 0 Å². The number of nitrogens with two attached hydrogens (primary N) is 2. The molecule has 0 saturated heterocycles. The maximum atomic E-state index is 12.6. The van der Waals surface area contributed by atoms with E-state index in [1.807, 2.05) is 25.1 Å². The number of rotatable bonds is 14. The minimum Gasteiger partial charge on any atom is -0.487 e. The number of nitriles is 1. The van der Waals surface area contributed by atoms with Gasteiger partial charge in [0.25, 0.3) is 11.8 Å². The first-order valence-electron chi connectivity index (χ1n) is 13.9. The Bertz CT molecular complexity index is 1840. The number of methoxy groups -OCH3 is 1. The summed E-state index contributed by atoms with van der Waals surface area (Å²) in [6.07, 6.45) is 2.88. The van der Waals surface area contributed by atoms with E-state index in [0.29, 0.717) is 0 Å². The fourth-order valence-corrected chi connectivity index (χ4v) is 8.96. The molecule has 0 aromatic carbocycles. The topological polar surface area (TPSA) is 177 Å². The number of hydrogen-bond donors (Lipinski definition) is 4. The Morgan fingerprint density at radius 3 is 2.26 bits per heavy atom. The standard InChI is InChI=1S/C31H33N7O4S4.ClH/c1-17-11-21(14-20(15-32)30(40)36-9-10-38-42-16-25(39)35-7-8-37-31(33)34)43-28(17)29-19(3)13-24(46-29)23-12-18(2)27(45-23)22-5-6-26(41-4)44-22;/h5-6,10-14H,7-9,16H2,1-4H3,(H,35,39)(H,36,40)(H4,33,34,37);1H/b20-14+,38-10+;. The van der Waals surface area contributed by atoms with Gasteiger partial charge in [0.05, 0.1) is 26.4 Å². The number of nitrogens with zero attached hydrogens (tertiary/aromatic N) is 3. The van der Waals surface area contributed by atoms with Crippen LogP contribution in [0.1, 0.15) is 21.6 Å². The number of halogens is 1. The molecule has 4 heterocycles. The number of thiophene rings is 4. The Balaban J connectivity index is 0.00000600. The number of hydrogen-bond acceptors (Lipinski definition) is 11. The van der Waals surface area contributed by atoms with Crippen LogP contribution in [0.15, 0.2) is 46.1 Å². The fraction of sp³-hybridized carbons (Fsp3) is 0.258. The van der Waals surface area contributed by atoms with E-state index in [2.05, 4.69) is 52.8 Å². The number of amides is 2. The first-order chi connectivity index (χ1) is 22.1. The molecule has 4 aromatic rings. The van der Waals surface area contributed by atoms with Gasteiger partial charge in [-0.3, -0.25) is 14.6 Å². The molecule has 248 valence electrons. The van der Waals surface area contributed by atoms with Crippen LogP contribution in [0.2, 0.25) is 0 Å². The molecular formula is C31H34ClN7O4S4. The Hall–Kier alpha value is -4.20. The molecule has 4 aromatic heterocycles. The number of nitrogens with one attached hydrogen (secondary N) is 2.